The lowest BCUT2D eigenvalue weighted by molar-refractivity contribution is 0.296. The Morgan fingerprint density at radius 1 is 1.33 bits per heavy atom. The predicted octanol–water partition coefficient (Wildman–Crippen LogP) is 3.95. The molecular formula is C18H28N2O. The van der Waals surface area contributed by atoms with Crippen molar-refractivity contribution in [1.29, 1.82) is 5.26 Å². The van der Waals surface area contributed by atoms with Crippen LogP contribution < -0.4 is 10.1 Å². The summed E-state index contributed by atoms with van der Waals surface area (Å²) in [7, 11) is 0. The van der Waals surface area contributed by atoms with E-state index in [4.69, 9.17) is 10.00 Å². The minimum Gasteiger partial charge on any atom is -0.493 e. The molecule has 0 fully saturated rings. The van der Waals surface area contributed by atoms with Gasteiger partial charge >= 0.3 is 0 Å². The molecule has 0 saturated heterocycles. The van der Waals surface area contributed by atoms with Crippen LogP contribution in [-0.4, -0.2) is 19.2 Å². The Kier molecular flexibility index (Phi) is 6.71. The summed E-state index contributed by atoms with van der Waals surface area (Å²) in [6.45, 7) is 12.2. The summed E-state index contributed by atoms with van der Waals surface area (Å²) in [5.41, 5.74) is 2.61. The highest BCUT2D eigenvalue weighted by Crippen LogP contribution is 2.27. The number of nitrogens with one attached hydrogen (secondary N) is 1. The van der Waals surface area contributed by atoms with Crippen LogP contribution in [0.2, 0.25) is 0 Å². The monoisotopic (exact) mass is 288 g/mol. The van der Waals surface area contributed by atoms with Gasteiger partial charge in [0.1, 0.15) is 5.75 Å². The molecule has 3 nitrogen and oxygen atoms in total. The molecule has 1 unspecified atom stereocenters. The van der Waals surface area contributed by atoms with Gasteiger partial charge in [-0.15, -0.1) is 0 Å². The lowest BCUT2D eigenvalue weighted by Crippen LogP contribution is -2.29. The average molecular weight is 288 g/mol. The smallest absolute Gasteiger partial charge is 0.122 e. The summed E-state index contributed by atoms with van der Waals surface area (Å²) in [6, 6.07) is 8.50. The predicted molar refractivity (Wildman–Crippen MR) is 87.7 cm³/mol. The van der Waals surface area contributed by atoms with Crippen molar-refractivity contribution in [1.82, 2.24) is 5.32 Å². The summed E-state index contributed by atoms with van der Waals surface area (Å²) in [5, 5.41) is 12.3. The molecule has 21 heavy (non-hydrogen) atoms. The van der Waals surface area contributed by atoms with Gasteiger partial charge in [0.05, 0.1) is 18.7 Å². The number of hydrogen-bond donors (Lipinski definition) is 1. The Balaban J connectivity index is 2.55. The first-order chi connectivity index (χ1) is 9.88. The molecule has 1 aromatic carbocycles. The first kappa shape index (κ1) is 17.5. The van der Waals surface area contributed by atoms with Gasteiger partial charge in [-0.25, -0.2) is 0 Å². The van der Waals surface area contributed by atoms with Crippen LogP contribution >= 0.6 is 0 Å². The van der Waals surface area contributed by atoms with E-state index in [-0.39, 0.29) is 11.5 Å². The van der Waals surface area contributed by atoms with Crippen LogP contribution in [0.4, 0.5) is 0 Å². The molecule has 0 aromatic heterocycles. The van der Waals surface area contributed by atoms with Gasteiger partial charge < -0.3 is 10.1 Å². The Labute approximate surface area is 129 Å². The van der Waals surface area contributed by atoms with Crippen molar-refractivity contribution in [2.75, 3.05) is 13.2 Å². The van der Waals surface area contributed by atoms with Crippen molar-refractivity contribution >= 4 is 0 Å². The summed E-state index contributed by atoms with van der Waals surface area (Å²) in [6.07, 6.45) is 1.74. The Morgan fingerprint density at radius 3 is 2.57 bits per heavy atom. The third-order valence-electron chi connectivity index (χ3n) is 3.50. The lowest BCUT2D eigenvalue weighted by Gasteiger charge is -2.21. The molecule has 0 radical (unpaired) electrons. The maximum Gasteiger partial charge on any atom is 0.122 e. The summed E-state index contributed by atoms with van der Waals surface area (Å²) in [4.78, 5) is 0. The van der Waals surface area contributed by atoms with Gasteiger partial charge in [0, 0.05) is 6.42 Å². The highest BCUT2D eigenvalue weighted by molar-refractivity contribution is 5.38. The average Bonchev–Trinajstić information content (AvgIpc) is 2.43. The van der Waals surface area contributed by atoms with E-state index in [1.165, 1.54) is 5.56 Å². The van der Waals surface area contributed by atoms with Gasteiger partial charge in [-0.3, -0.25) is 0 Å². The fourth-order valence-electron chi connectivity index (χ4n) is 2.10. The molecule has 0 bridgehead atoms. The molecule has 1 atom stereocenters. The van der Waals surface area contributed by atoms with E-state index in [0.29, 0.717) is 13.0 Å². The van der Waals surface area contributed by atoms with Crippen LogP contribution in [0.1, 0.15) is 51.7 Å². The number of benzene rings is 1. The van der Waals surface area contributed by atoms with Crippen LogP contribution in [0.25, 0.3) is 0 Å². The SMILES string of the molecule is CCCNC(C#N)CCOc1ccc(C(C)(C)C)cc1C. The minimum absolute atomic E-state index is 0.126. The molecule has 116 valence electrons. The van der Waals surface area contributed by atoms with E-state index in [1.54, 1.807) is 0 Å². The van der Waals surface area contributed by atoms with E-state index >= 15 is 0 Å². The highest BCUT2D eigenvalue weighted by Gasteiger charge is 2.15. The molecule has 3 heteroatoms. The fraction of sp³-hybridized carbons (Fsp3) is 0.611. The Morgan fingerprint density at radius 2 is 2.05 bits per heavy atom. The summed E-state index contributed by atoms with van der Waals surface area (Å²) < 4.78 is 5.83. The zero-order chi connectivity index (χ0) is 15.9. The van der Waals surface area contributed by atoms with Crippen molar-refractivity contribution < 1.29 is 4.74 Å². The Hall–Kier alpha value is -1.53. The lowest BCUT2D eigenvalue weighted by atomic mass is 9.86. The molecule has 0 aliphatic rings. The number of nitrogens with zero attached hydrogens (tertiary/aromatic N) is 1. The molecular weight excluding hydrogens is 260 g/mol. The van der Waals surface area contributed by atoms with Crippen LogP contribution in [-0.2, 0) is 5.41 Å². The van der Waals surface area contributed by atoms with Crippen molar-refractivity contribution in [2.45, 2.75) is 58.9 Å². The van der Waals surface area contributed by atoms with Crippen LogP contribution in [0.5, 0.6) is 5.75 Å². The quantitative estimate of drug-likeness (QED) is 0.826. The van der Waals surface area contributed by atoms with E-state index in [9.17, 15) is 0 Å². The van der Waals surface area contributed by atoms with Crippen molar-refractivity contribution in [3.8, 4) is 11.8 Å². The minimum atomic E-state index is -0.126. The van der Waals surface area contributed by atoms with Gasteiger partial charge in [-0.05, 0) is 42.5 Å². The van der Waals surface area contributed by atoms with Gasteiger partial charge in [-0.2, -0.15) is 5.26 Å². The van der Waals surface area contributed by atoms with Crippen molar-refractivity contribution in [3.05, 3.63) is 29.3 Å². The van der Waals surface area contributed by atoms with Gasteiger partial charge in [0.15, 0.2) is 0 Å². The molecule has 1 N–H and O–H groups in total. The molecule has 1 aromatic rings. The van der Waals surface area contributed by atoms with E-state index in [2.05, 4.69) is 58.1 Å². The molecule has 1 rings (SSSR count). The van der Waals surface area contributed by atoms with E-state index < -0.39 is 0 Å². The standard InChI is InChI=1S/C18H28N2O/c1-6-10-20-16(13-19)9-11-21-17-8-7-15(12-14(17)2)18(3,4)5/h7-8,12,16,20H,6,9-11H2,1-5H3. The molecule has 0 spiro atoms. The number of nitriles is 1. The molecule has 0 aliphatic carbocycles. The molecule has 0 heterocycles. The van der Waals surface area contributed by atoms with E-state index in [1.807, 2.05) is 6.07 Å². The normalized spacial score (nSPS) is 12.8. The zero-order valence-corrected chi connectivity index (χ0v) is 14.0. The van der Waals surface area contributed by atoms with Crippen LogP contribution in [0, 0.1) is 18.3 Å². The third-order valence-corrected chi connectivity index (χ3v) is 3.50. The van der Waals surface area contributed by atoms with Gasteiger partial charge in [-0.1, -0.05) is 39.8 Å². The highest BCUT2D eigenvalue weighted by atomic mass is 16.5. The van der Waals surface area contributed by atoms with E-state index in [0.717, 1.165) is 24.3 Å². The number of rotatable bonds is 7. The summed E-state index contributed by atoms with van der Waals surface area (Å²) >= 11 is 0. The van der Waals surface area contributed by atoms with Crippen LogP contribution in [0.3, 0.4) is 0 Å². The molecule has 0 saturated carbocycles. The maximum absolute atomic E-state index is 9.06. The third kappa shape index (κ3) is 5.77. The van der Waals surface area contributed by atoms with Crippen LogP contribution in [0.15, 0.2) is 18.2 Å². The Bertz CT molecular complexity index is 483. The number of ether oxygens (including phenoxy) is 1. The largest absolute Gasteiger partial charge is 0.493 e. The summed E-state index contributed by atoms with van der Waals surface area (Å²) in [5.74, 6) is 0.912. The number of hydrogen-bond acceptors (Lipinski definition) is 3. The van der Waals surface area contributed by atoms with Gasteiger partial charge in [0.25, 0.3) is 0 Å². The van der Waals surface area contributed by atoms with Gasteiger partial charge in [0.2, 0.25) is 0 Å². The topological polar surface area (TPSA) is 45.0 Å². The van der Waals surface area contributed by atoms with Crippen molar-refractivity contribution in [3.63, 3.8) is 0 Å². The first-order valence-electron chi connectivity index (χ1n) is 7.75. The fourth-order valence-corrected chi connectivity index (χ4v) is 2.10. The number of aryl methyl sites for hydroxylation is 1. The second-order valence-corrected chi connectivity index (χ2v) is 6.50. The maximum atomic E-state index is 9.06. The zero-order valence-electron chi connectivity index (χ0n) is 14.0. The molecule has 0 amide bonds. The second kappa shape index (κ2) is 8.05. The molecule has 0 aliphatic heterocycles. The second-order valence-electron chi connectivity index (χ2n) is 6.50. The van der Waals surface area contributed by atoms with Crippen molar-refractivity contribution in [2.24, 2.45) is 0 Å². The first-order valence-corrected chi connectivity index (χ1v) is 7.75.